The van der Waals surface area contributed by atoms with Crippen LogP contribution >= 0.6 is 0 Å². The van der Waals surface area contributed by atoms with Crippen LogP contribution < -0.4 is 10.1 Å². The molecule has 0 amide bonds. The average molecular weight is 207 g/mol. The smallest absolute Gasteiger partial charge is 0.157 e. The molecule has 0 unspecified atom stereocenters. The maximum atomic E-state index is 10.2. The number of hydrogen-bond acceptors (Lipinski definition) is 3. The lowest BCUT2D eigenvalue weighted by molar-refractivity contribution is -0.109. The SMILES string of the molecule is CNCCCc1ccccc1OCC=O. The second kappa shape index (κ2) is 7.01. The van der Waals surface area contributed by atoms with Gasteiger partial charge in [0.15, 0.2) is 6.29 Å². The lowest BCUT2D eigenvalue weighted by Gasteiger charge is -2.08. The molecule has 1 N–H and O–H groups in total. The van der Waals surface area contributed by atoms with E-state index in [4.69, 9.17) is 4.74 Å². The first-order valence-corrected chi connectivity index (χ1v) is 5.17. The Balaban J connectivity index is 2.55. The van der Waals surface area contributed by atoms with Gasteiger partial charge in [-0.1, -0.05) is 18.2 Å². The van der Waals surface area contributed by atoms with E-state index < -0.39 is 0 Å². The summed E-state index contributed by atoms with van der Waals surface area (Å²) in [6, 6.07) is 7.85. The molecule has 15 heavy (non-hydrogen) atoms. The van der Waals surface area contributed by atoms with Gasteiger partial charge in [-0.25, -0.2) is 0 Å². The van der Waals surface area contributed by atoms with E-state index in [1.807, 2.05) is 31.3 Å². The fraction of sp³-hybridized carbons (Fsp3) is 0.417. The van der Waals surface area contributed by atoms with Crippen molar-refractivity contribution in [1.29, 1.82) is 0 Å². The van der Waals surface area contributed by atoms with Gasteiger partial charge in [-0.15, -0.1) is 0 Å². The van der Waals surface area contributed by atoms with E-state index in [0.717, 1.165) is 37.0 Å². The molecular weight excluding hydrogens is 190 g/mol. The lowest BCUT2D eigenvalue weighted by Crippen LogP contribution is -2.09. The van der Waals surface area contributed by atoms with E-state index in [-0.39, 0.29) is 6.61 Å². The normalized spacial score (nSPS) is 9.93. The molecule has 0 aliphatic rings. The van der Waals surface area contributed by atoms with E-state index >= 15 is 0 Å². The summed E-state index contributed by atoms with van der Waals surface area (Å²) in [5.41, 5.74) is 1.16. The minimum Gasteiger partial charge on any atom is -0.486 e. The number of benzene rings is 1. The number of carbonyl (C=O) groups excluding carboxylic acids is 1. The van der Waals surface area contributed by atoms with Crippen LogP contribution in [0.3, 0.4) is 0 Å². The van der Waals surface area contributed by atoms with Gasteiger partial charge in [0.1, 0.15) is 12.4 Å². The third kappa shape index (κ3) is 4.13. The van der Waals surface area contributed by atoms with Crippen molar-refractivity contribution >= 4 is 6.29 Å². The maximum absolute atomic E-state index is 10.2. The Hall–Kier alpha value is -1.35. The molecule has 0 atom stereocenters. The molecule has 0 saturated heterocycles. The Morgan fingerprint density at radius 1 is 1.40 bits per heavy atom. The summed E-state index contributed by atoms with van der Waals surface area (Å²) >= 11 is 0. The van der Waals surface area contributed by atoms with Gasteiger partial charge in [0.2, 0.25) is 0 Å². The van der Waals surface area contributed by atoms with Crippen molar-refractivity contribution in [3.63, 3.8) is 0 Å². The number of nitrogens with one attached hydrogen (secondary N) is 1. The summed E-state index contributed by atoms with van der Waals surface area (Å²) < 4.78 is 5.33. The van der Waals surface area contributed by atoms with Crippen LogP contribution in [0.15, 0.2) is 24.3 Å². The van der Waals surface area contributed by atoms with Gasteiger partial charge >= 0.3 is 0 Å². The van der Waals surface area contributed by atoms with E-state index in [2.05, 4.69) is 5.32 Å². The van der Waals surface area contributed by atoms with Gasteiger partial charge in [0.05, 0.1) is 0 Å². The van der Waals surface area contributed by atoms with Crippen molar-refractivity contribution in [3.05, 3.63) is 29.8 Å². The molecule has 0 aliphatic carbocycles. The summed E-state index contributed by atoms with van der Waals surface area (Å²) in [5, 5.41) is 3.10. The van der Waals surface area contributed by atoms with Crippen LogP contribution in [0.2, 0.25) is 0 Å². The van der Waals surface area contributed by atoms with E-state index in [1.54, 1.807) is 0 Å². The van der Waals surface area contributed by atoms with Crippen LogP contribution in [-0.4, -0.2) is 26.5 Å². The van der Waals surface area contributed by atoms with Crippen LogP contribution in [0.1, 0.15) is 12.0 Å². The molecule has 0 saturated carbocycles. The van der Waals surface area contributed by atoms with Gasteiger partial charge in [0.25, 0.3) is 0 Å². The molecule has 82 valence electrons. The number of aldehydes is 1. The highest BCUT2D eigenvalue weighted by molar-refractivity contribution is 5.51. The lowest BCUT2D eigenvalue weighted by atomic mass is 10.1. The van der Waals surface area contributed by atoms with Crippen LogP contribution in [0.25, 0.3) is 0 Å². The molecule has 1 rings (SSSR count). The first-order valence-electron chi connectivity index (χ1n) is 5.17. The van der Waals surface area contributed by atoms with Gasteiger partial charge < -0.3 is 10.1 Å². The van der Waals surface area contributed by atoms with E-state index in [1.165, 1.54) is 0 Å². The molecule has 0 radical (unpaired) electrons. The quantitative estimate of drug-likeness (QED) is 0.543. The van der Waals surface area contributed by atoms with Crippen molar-refractivity contribution in [2.45, 2.75) is 12.8 Å². The fourth-order valence-electron chi connectivity index (χ4n) is 1.43. The molecule has 0 aromatic heterocycles. The molecule has 0 fully saturated rings. The second-order valence-electron chi connectivity index (χ2n) is 3.29. The summed E-state index contributed by atoms with van der Waals surface area (Å²) in [5.74, 6) is 0.820. The fourth-order valence-corrected chi connectivity index (χ4v) is 1.43. The number of ether oxygens (including phenoxy) is 1. The van der Waals surface area contributed by atoms with Crippen molar-refractivity contribution in [2.24, 2.45) is 0 Å². The first-order chi connectivity index (χ1) is 7.38. The number of para-hydroxylation sites is 1. The zero-order chi connectivity index (χ0) is 10.9. The third-order valence-corrected chi connectivity index (χ3v) is 2.15. The summed E-state index contributed by atoms with van der Waals surface area (Å²) in [7, 11) is 1.94. The minimum atomic E-state index is 0.128. The third-order valence-electron chi connectivity index (χ3n) is 2.15. The highest BCUT2D eigenvalue weighted by Gasteiger charge is 2.01. The van der Waals surface area contributed by atoms with Crippen molar-refractivity contribution in [2.75, 3.05) is 20.2 Å². The standard InChI is InChI=1S/C12H17NO2/c1-13-8-4-6-11-5-2-3-7-12(11)15-10-9-14/h2-3,5,7,9,13H,4,6,8,10H2,1H3. The Kier molecular flexibility index (Phi) is 5.48. The monoisotopic (exact) mass is 207 g/mol. The zero-order valence-corrected chi connectivity index (χ0v) is 9.03. The van der Waals surface area contributed by atoms with Crippen LogP contribution in [0.4, 0.5) is 0 Å². The van der Waals surface area contributed by atoms with Crippen molar-refractivity contribution in [1.82, 2.24) is 5.32 Å². The van der Waals surface area contributed by atoms with Crippen molar-refractivity contribution in [3.8, 4) is 5.75 Å². The predicted molar refractivity (Wildman–Crippen MR) is 60.2 cm³/mol. The molecule has 0 aliphatic heterocycles. The average Bonchev–Trinajstić information content (AvgIpc) is 2.28. The molecule has 0 bridgehead atoms. The Labute approximate surface area is 90.4 Å². The molecule has 0 heterocycles. The van der Waals surface area contributed by atoms with Gasteiger partial charge in [-0.05, 0) is 38.1 Å². The zero-order valence-electron chi connectivity index (χ0n) is 9.03. The molecule has 1 aromatic rings. The van der Waals surface area contributed by atoms with Gasteiger partial charge in [-0.3, -0.25) is 4.79 Å². The molecule has 0 spiro atoms. The highest BCUT2D eigenvalue weighted by Crippen LogP contribution is 2.18. The Morgan fingerprint density at radius 3 is 2.93 bits per heavy atom. The highest BCUT2D eigenvalue weighted by atomic mass is 16.5. The van der Waals surface area contributed by atoms with Crippen molar-refractivity contribution < 1.29 is 9.53 Å². The van der Waals surface area contributed by atoms with Gasteiger partial charge in [-0.2, -0.15) is 0 Å². The van der Waals surface area contributed by atoms with E-state index in [9.17, 15) is 4.79 Å². The maximum Gasteiger partial charge on any atom is 0.157 e. The number of aryl methyl sites for hydroxylation is 1. The topological polar surface area (TPSA) is 38.3 Å². The summed E-state index contributed by atoms with van der Waals surface area (Å²) in [4.78, 5) is 10.2. The molecule has 3 heteroatoms. The van der Waals surface area contributed by atoms with Gasteiger partial charge in [0, 0.05) is 0 Å². The second-order valence-corrected chi connectivity index (χ2v) is 3.29. The minimum absolute atomic E-state index is 0.128. The Morgan fingerprint density at radius 2 is 2.20 bits per heavy atom. The molecule has 1 aromatic carbocycles. The molecular formula is C12H17NO2. The van der Waals surface area contributed by atoms with Crippen LogP contribution in [0.5, 0.6) is 5.75 Å². The summed E-state index contributed by atoms with van der Waals surface area (Å²) in [6.07, 6.45) is 2.80. The van der Waals surface area contributed by atoms with Crippen LogP contribution in [0, 0.1) is 0 Å². The molecule has 3 nitrogen and oxygen atoms in total. The number of hydrogen-bond donors (Lipinski definition) is 1. The number of rotatable bonds is 7. The van der Waals surface area contributed by atoms with Crippen LogP contribution in [-0.2, 0) is 11.2 Å². The Bertz CT molecular complexity index is 299. The number of carbonyl (C=O) groups is 1. The first kappa shape index (κ1) is 11.7. The largest absolute Gasteiger partial charge is 0.486 e. The summed E-state index contributed by atoms with van der Waals surface area (Å²) in [6.45, 7) is 1.12. The predicted octanol–water partition coefficient (Wildman–Crippen LogP) is 1.42. The van der Waals surface area contributed by atoms with E-state index in [0.29, 0.717) is 0 Å².